The van der Waals surface area contributed by atoms with Crippen molar-refractivity contribution in [3.8, 4) is 5.75 Å². The summed E-state index contributed by atoms with van der Waals surface area (Å²) < 4.78 is 19.2. The first-order valence-corrected chi connectivity index (χ1v) is 6.04. The normalized spacial score (nSPS) is 10.2. The molecule has 1 N–H and O–H groups in total. The van der Waals surface area contributed by atoms with Crippen molar-refractivity contribution in [2.75, 3.05) is 12.4 Å². The third-order valence-electron chi connectivity index (χ3n) is 2.18. The van der Waals surface area contributed by atoms with Gasteiger partial charge in [0.25, 0.3) is 0 Å². The summed E-state index contributed by atoms with van der Waals surface area (Å²) in [5.41, 5.74) is 0.675. The van der Waals surface area contributed by atoms with E-state index in [4.69, 9.17) is 4.74 Å². The van der Waals surface area contributed by atoms with E-state index in [-0.39, 0.29) is 12.4 Å². The number of hydrogen-bond donors (Lipinski definition) is 1. The molecule has 0 aliphatic heterocycles. The largest absolute Gasteiger partial charge is 0.487 e. The van der Waals surface area contributed by atoms with Crippen molar-refractivity contribution in [1.82, 2.24) is 9.97 Å². The molecule has 0 unspecified atom stereocenters. The number of nitrogens with zero attached hydrogens (tertiary/aromatic N) is 2. The summed E-state index contributed by atoms with van der Waals surface area (Å²) >= 11 is 3.20. The van der Waals surface area contributed by atoms with E-state index in [1.165, 1.54) is 12.1 Å². The lowest BCUT2D eigenvalue weighted by Gasteiger charge is -2.06. The molecule has 0 fully saturated rings. The maximum atomic E-state index is 13.1. The first-order chi connectivity index (χ1) is 8.67. The molecule has 0 aliphatic rings. The molecule has 1 aromatic carbocycles. The Balaban J connectivity index is 2.01. The highest BCUT2D eigenvalue weighted by Gasteiger charge is 2.02. The molecule has 0 atom stereocenters. The lowest BCUT2D eigenvalue weighted by atomic mass is 10.3. The van der Waals surface area contributed by atoms with Gasteiger partial charge in [0, 0.05) is 17.6 Å². The van der Waals surface area contributed by atoms with Gasteiger partial charge in [-0.15, -0.1) is 0 Å². The molecule has 94 valence electrons. The smallest absolute Gasteiger partial charge is 0.144 e. The van der Waals surface area contributed by atoms with Gasteiger partial charge in [0.05, 0.1) is 18.1 Å². The van der Waals surface area contributed by atoms with Gasteiger partial charge in [-0.25, -0.2) is 9.37 Å². The Labute approximate surface area is 112 Å². The molecule has 6 heteroatoms. The topological polar surface area (TPSA) is 47.0 Å². The summed E-state index contributed by atoms with van der Waals surface area (Å²) in [5.74, 6) is 0.782. The summed E-state index contributed by atoms with van der Waals surface area (Å²) in [5, 5.41) is 2.87. The van der Waals surface area contributed by atoms with Gasteiger partial charge in [-0.2, -0.15) is 0 Å². The van der Waals surface area contributed by atoms with Gasteiger partial charge in [0.15, 0.2) is 0 Å². The summed E-state index contributed by atoms with van der Waals surface area (Å²) in [6.45, 7) is 0.243. The van der Waals surface area contributed by atoms with E-state index in [0.717, 1.165) is 0 Å². The van der Waals surface area contributed by atoms with Crippen molar-refractivity contribution in [1.29, 1.82) is 0 Å². The quantitative estimate of drug-likeness (QED) is 0.943. The number of nitrogens with one attached hydrogen (secondary N) is 1. The Hall–Kier alpha value is -1.69. The minimum Gasteiger partial charge on any atom is -0.487 e. The minimum atomic E-state index is -0.351. The average Bonchev–Trinajstić information content (AvgIpc) is 2.36. The highest BCUT2D eigenvalue weighted by Crippen LogP contribution is 2.21. The predicted molar refractivity (Wildman–Crippen MR) is 70.0 cm³/mol. The number of hydrogen-bond acceptors (Lipinski definition) is 4. The van der Waals surface area contributed by atoms with E-state index in [0.29, 0.717) is 21.7 Å². The molecule has 0 amide bonds. The summed E-state index contributed by atoms with van der Waals surface area (Å²) in [6.07, 6.45) is 3.22. The number of benzene rings is 1. The zero-order valence-corrected chi connectivity index (χ0v) is 11.2. The van der Waals surface area contributed by atoms with Gasteiger partial charge in [-0.05, 0) is 12.1 Å². The maximum Gasteiger partial charge on any atom is 0.144 e. The fourth-order valence-electron chi connectivity index (χ4n) is 1.33. The number of aromatic nitrogens is 2. The van der Waals surface area contributed by atoms with Crippen molar-refractivity contribution in [2.45, 2.75) is 6.61 Å². The monoisotopic (exact) mass is 311 g/mol. The molecule has 1 aromatic heterocycles. The second-order valence-electron chi connectivity index (χ2n) is 3.54. The molecular formula is C12H11BrFN3O. The van der Waals surface area contributed by atoms with E-state index < -0.39 is 0 Å². The van der Waals surface area contributed by atoms with E-state index >= 15 is 0 Å². The van der Waals surface area contributed by atoms with Crippen LogP contribution in [-0.4, -0.2) is 17.0 Å². The van der Waals surface area contributed by atoms with Gasteiger partial charge in [-0.1, -0.05) is 15.9 Å². The fraction of sp³-hybridized carbons (Fsp3) is 0.167. The van der Waals surface area contributed by atoms with Crippen molar-refractivity contribution in [2.24, 2.45) is 0 Å². The third-order valence-corrected chi connectivity index (χ3v) is 2.64. The molecule has 2 rings (SSSR count). The number of anilines is 1. The fourth-order valence-corrected chi connectivity index (χ4v) is 1.77. The van der Waals surface area contributed by atoms with Crippen LogP contribution in [0.2, 0.25) is 0 Å². The van der Waals surface area contributed by atoms with E-state index in [1.807, 2.05) is 0 Å². The molecule has 0 saturated carbocycles. The Morgan fingerprint density at radius 1 is 1.28 bits per heavy atom. The summed E-state index contributed by atoms with van der Waals surface area (Å²) in [7, 11) is 1.77. The van der Waals surface area contributed by atoms with Gasteiger partial charge >= 0.3 is 0 Å². The Morgan fingerprint density at radius 3 is 2.72 bits per heavy atom. The molecule has 0 aliphatic carbocycles. The minimum absolute atomic E-state index is 0.243. The zero-order valence-electron chi connectivity index (χ0n) is 9.65. The average molecular weight is 312 g/mol. The molecular weight excluding hydrogens is 301 g/mol. The van der Waals surface area contributed by atoms with Gasteiger partial charge in [-0.3, -0.25) is 4.98 Å². The van der Waals surface area contributed by atoms with E-state index in [9.17, 15) is 4.39 Å². The highest BCUT2D eigenvalue weighted by molar-refractivity contribution is 9.10. The molecule has 2 aromatic rings. The number of rotatable bonds is 4. The molecule has 18 heavy (non-hydrogen) atoms. The van der Waals surface area contributed by atoms with Gasteiger partial charge in [0.1, 0.15) is 24.0 Å². The SMILES string of the molecule is CNc1cnc(COc2cc(F)cc(Br)c2)cn1. The lowest BCUT2D eigenvalue weighted by Crippen LogP contribution is -2.01. The van der Waals surface area contributed by atoms with Crippen molar-refractivity contribution >= 4 is 21.7 Å². The highest BCUT2D eigenvalue weighted by atomic mass is 79.9. The third kappa shape index (κ3) is 3.40. The standard InChI is InChI=1S/C12H11BrFN3O/c1-15-12-6-16-10(5-17-12)7-18-11-3-8(13)2-9(14)4-11/h2-6H,7H2,1H3,(H,15,17). The second-order valence-corrected chi connectivity index (χ2v) is 4.45. The Kier molecular flexibility index (Phi) is 4.09. The lowest BCUT2D eigenvalue weighted by molar-refractivity contribution is 0.299. The second kappa shape index (κ2) is 5.77. The van der Waals surface area contributed by atoms with Crippen molar-refractivity contribution < 1.29 is 9.13 Å². The van der Waals surface area contributed by atoms with Crippen LogP contribution >= 0.6 is 15.9 Å². The van der Waals surface area contributed by atoms with Crippen LogP contribution in [0.5, 0.6) is 5.75 Å². The van der Waals surface area contributed by atoms with Crippen LogP contribution in [0.25, 0.3) is 0 Å². The van der Waals surface area contributed by atoms with Crippen LogP contribution in [0.3, 0.4) is 0 Å². The first-order valence-electron chi connectivity index (χ1n) is 5.25. The van der Waals surface area contributed by atoms with Gasteiger partial charge < -0.3 is 10.1 Å². The Bertz CT molecular complexity index is 513. The van der Waals surface area contributed by atoms with Crippen LogP contribution < -0.4 is 10.1 Å². The zero-order chi connectivity index (χ0) is 13.0. The predicted octanol–water partition coefficient (Wildman–Crippen LogP) is 3.00. The molecule has 0 bridgehead atoms. The van der Waals surface area contributed by atoms with Crippen LogP contribution in [0, 0.1) is 5.82 Å². The van der Waals surface area contributed by atoms with E-state index in [1.54, 1.807) is 25.5 Å². The van der Waals surface area contributed by atoms with Crippen LogP contribution in [0.4, 0.5) is 10.2 Å². The summed E-state index contributed by atoms with van der Waals surface area (Å²) in [4.78, 5) is 8.26. The van der Waals surface area contributed by atoms with Crippen LogP contribution in [0.15, 0.2) is 35.1 Å². The molecule has 1 heterocycles. The first kappa shape index (κ1) is 12.8. The maximum absolute atomic E-state index is 13.1. The van der Waals surface area contributed by atoms with Crippen LogP contribution in [-0.2, 0) is 6.61 Å². The number of halogens is 2. The number of ether oxygens (including phenoxy) is 1. The van der Waals surface area contributed by atoms with Crippen molar-refractivity contribution in [3.05, 3.63) is 46.6 Å². The molecule has 0 spiro atoms. The Morgan fingerprint density at radius 2 is 2.11 bits per heavy atom. The van der Waals surface area contributed by atoms with Crippen LogP contribution in [0.1, 0.15) is 5.69 Å². The molecule has 0 radical (unpaired) electrons. The van der Waals surface area contributed by atoms with E-state index in [2.05, 4.69) is 31.2 Å². The van der Waals surface area contributed by atoms with Gasteiger partial charge in [0.2, 0.25) is 0 Å². The molecule has 0 saturated heterocycles. The molecule has 4 nitrogen and oxygen atoms in total. The van der Waals surface area contributed by atoms with Crippen molar-refractivity contribution in [3.63, 3.8) is 0 Å². The summed E-state index contributed by atoms with van der Waals surface area (Å²) in [6, 6.07) is 4.38.